The van der Waals surface area contributed by atoms with Crippen molar-refractivity contribution in [2.45, 2.75) is 32.8 Å². The lowest BCUT2D eigenvalue weighted by Crippen LogP contribution is -2.15. The third-order valence-electron chi connectivity index (χ3n) is 2.64. The minimum absolute atomic E-state index is 0.0266. The SMILES string of the molecule is CC(C)OC(=O)c1cccc(NC(=O)CCCS(C)(=O)=O)c1. The molecule has 0 aliphatic rings. The van der Waals surface area contributed by atoms with Crippen molar-refractivity contribution in [1.29, 1.82) is 0 Å². The van der Waals surface area contributed by atoms with Gasteiger partial charge >= 0.3 is 5.97 Å². The van der Waals surface area contributed by atoms with E-state index in [1.165, 1.54) is 6.07 Å². The van der Waals surface area contributed by atoms with Gasteiger partial charge in [-0.25, -0.2) is 13.2 Å². The van der Waals surface area contributed by atoms with E-state index in [2.05, 4.69) is 5.32 Å². The molecule has 0 saturated carbocycles. The number of sulfone groups is 1. The van der Waals surface area contributed by atoms with E-state index >= 15 is 0 Å². The highest BCUT2D eigenvalue weighted by atomic mass is 32.2. The van der Waals surface area contributed by atoms with Crippen molar-refractivity contribution >= 4 is 27.4 Å². The van der Waals surface area contributed by atoms with Crippen molar-refractivity contribution < 1.29 is 22.7 Å². The number of carbonyl (C=O) groups is 2. The highest BCUT2D eigenvalue weighted by Crippen LogP contribution is 2.13. The van der Waals surface area contributed by atoms with E-state index in [-0.39, 0.29) is 30.6 Å². The van der Waals surface area contributed by atoms with Crippen LogP contribution in [-0.4, -0.2) is 38.4 Å². The van der Waals surface area contributed by atoms with Gasteiger partial charge in [0.25, 0.3) is 0 Å². The Kier molecular flexibility index (Phi) is 6.55. The molecule has 0 aliphatic heterocycles. The molecule has 1 amide bonds. The van der Waals surface area contributed by atoms with Crippen molar-refractivity contribution in [3.05, 3.63) is 29.8 Å². The Morgan fingerprint density at radius 1 is 1.27 bits per heavy atom. The first-order valence-corrected chi connectivity index (χ1v) is 9.02. The van der Waals surface area contributed by atoms with Crippen LogP contribution in [0.1, 0.15) is 37.0 Å². The number of benzene rings is 1. The van der Waals surface area contributed by atoms with Gasteiger partial charge in [-0.1, -0.05) is 6.07 Å². The lowest BCUT2D eigenvalue weighted by atomic mass is 10.2. The molecule has 0 radical (unpaired) electrons. The molecule has 7 heteroatoms. The lowest BCUT2D eigenvalue weighted by Gasteiger charge is -2.09. The van der Waals surface area contributed by atoms with Gasteiger partial charge in [0.15, 0.2) is 0 Å². The topological polar surface area (TPSA) is 89.5 Å². The first-order chi connectivity index (χ1) is 10.2. The molecule has 0 bridgehead atoms. The summed E-state index contributed by atoms with van der Waals surface area (Å²) < 4.78 is 27.1. The Hall–Kier alpha value is -1.89. The number of rotatable bonds is 7. The second-order valence-corrected chi connectivity index (χ2v) is 7.58. The molecule has 0 heterocycles. The molecule has 0 aliphatic carbocycles. The van der Waals surface area contributed by atoms with Gasteiger partial charge < -0.3 is 10.1 Å². The van der Waals surface area contributed by atoms with Crippen molar-refractivity contribution in [1.82, 2.24) is 0 Å². The summed E-state index contributed by atoms with van der Waals surface area (Å²) in [7, 11) is -3.06. The zero-order chi connectivity index (χ0) is 16.8. The summed E-state index contributed by atoms with van der Waals surface area (Å²) in [5.41, 5.74) is 0.824. The highest BCUT2D eigenvalue weighted by molar-refractivity contribution is 7.90. The van der Waals surface area contributed by atoms with Crippen LogP contribution in [0.4, 0.5) is 5.69 Å². The van der Waals surface area contributed by atoms with Gasteiger partial charge in [-0.05, 0) is 38.5 Å². The fourth-order valence-electron chi connectivity index (χ4n) is 1.72. The predicted molar refractivity (Wildman–Crippen MR) is 84.6 cm³/mol. The molecular weight excluding hydrogens is 306 g/mol. The summed E-state index contributed by atoms with van der Waals surface area (Å²) in [4.78, 5) is 23.5. The molecular formula is C15H21NO5S. The average molecular weight is 327 g/mol. The van der Waals surface area contributed by atoms with Crippen LogP contribution in [0.5, 0.6) is 0 Å². The number of hydrogen-bond donors (Lipinski definition) is 1. The second-order valence-electron chi connectivity index (χ2n) is 5.32. The molecule has 0 saturated heterocycles. The Bertz CT molecular complexity index is 637. The Labute approximate surface area is 130 Å². The number of ether oxygens (including phenoxy) is 1. The van der Waals surface area contributed by atoms with E-state index in [1.807, 2.05) is 0 Å². The largest absolute Gasteiger partial charge is 0.459 e. The molecule has 22 heavy (non-hydrogen) atoms. The summed E-state index contributed by atoms with van der Waals surface area (Å²) in [6.45, 7) is 3.51. The Morgan fingerprint density at radius 2 is 1.95 bits per heavy atom. The van der Waals surface area contributed by atoms with Gasteiger partial charge in [0, 0.05) is 18.4 Å². The molecule has 1 rings (SSSR count). The van der Waals surface area contributed by atoms with Crippen LogP contribution in [0.15, 0.2) is 24.3 Å². The average Bonchev–Trinajstić information content (AvgIpc) is 2.36. The predicted octanol–water partition coefficient (Wildman–Crippen LogP) is 2.02. The molecule has 0 aromatic heterocycles. The second kappa shape index (κ2) is 7.93. The quantitative estimate of drug-likeness (QED) is 0.774. The molecule has 0 fully saturated rings. The van der Waals surface area contributed by atoms with Crippen molar-refractivity contribution in [3.8, 4) is 0 Å². The van der Waals surface area contributed by atoms with Gasteiger partial charge in [0.05, 0.1) is 17.4 Å². The summed E-state index contributed by atoms with van der Waals surface area (Å²) in [6.07, 6.45) is 1.28. The van der Waals surface area contributed by atoms with Crippen LogP contribution in [-0.2, 0) is 19.4 Å². The molecule has 0 spiro atoms. The molecule has 1 aromatic rings. The van der Waals surface area contributed by atoms with Gasteiger partial charge in [0.1, 0.15) is 9.84 Å². The molecule has 1 N–H and O–H groups in total. The van der Waals surface area contributed by atoms with Crippen LogP contribution >= 0.6 is 0 Å². The van der Waals surface area contributed by atoms with E-state index in [0.29, 0.717) is 11.3 Å². The highest BCUT2D eigenvalue weighted by Gasteiger charge is 2.11. The minimum atomic E-state index is -3.06. The maximum absolute atomic E-state index is 11.8. The summed E-state index contributed by atoms with van der Waals surface area (Å²) >= 11 is 0. The minimum Gasteiger partial charge on any atom is -0.459 e. The van der Waals surface area contributed by atoms with E-state index in [9.17, 15) is 18.0 Å². The zero-order valence-electron chi connectivity index (χ0n) is 13.0. The first-order valence-electron chi connectivity index (χ1n) is 6.96. The summed E-state index contributed by atoms with van der Waals surface area (Å²) in [5.74, 6) is -0.775. The van der Waals surface area contributed by atoms with Gasteiger partial charge in [0.2, 0.25) is 5.91 Å². The van der Waals surface area contributed by atoms with Gasteiger partial charge in [-0.3, -0.25) is 4.79 Å². The van der Waals surface area contributed by atoms with Gasteiger partial charge in [-0.15, -0.1) is 0 Å². The number of esters is 1. The summed E-state index contributed by atoms with van der Waals surface area (Å²) in [5, 5.41) is 2.64. The zero-order valence-corrected chi connectivity index (χ0v) is 13.8. The van der Waals surface area contributed by atoms with E-state index in [1.54, 1.807) is 32.0 Å². The van der Waals surface area contributed by atoms with Crippen LogP contribution in [0.3, 0.4) is 0 Å². The van der Waals surface area contributed by atoms with Crippen molar-refractivity contribution in [2.75, 3.05) is 17.3 Å². The molecule has 6 nitrogen and oxygen atoms in total. The Balaban J connectivity index is 2.59. The maximum atomic E-state index is 11.8. The number of amides is 1. The smallest absolute Gasteiger partial charge is 0.338 e. The molecule has 0 atom stereocenters. The lowest BCUT2D eigenvalue weighted by molar-refractivity contribution is -0.116. The number of hydrogen-bond acceptors (Lipinski definition) is 5. The van der Waals surface area contributed by atoms with E-state index < -0.39 is 15.8 Å². The number of nitrogens with one attached hydrogen (secondary N) is 1. The normalized spacial score (nSPS) is 11.3. The van der Waals surface area contributed by atoms with Gasteiger partial charge in [-0.2, -0.15) is 0 Å². The molecule has 0 unspecified atom stereocenters. The molecule has 122 valence electrons. The fourth-order valence-corrected chi connectivity index (χ4v) is 2.39. The third kappa shape index (κ3) is 7.21. The number of anilines is 1. The van der Waals surface area contributed by atoms with Crippen molar-refractivity contribution in [2.24, 2.45) is 0 Å². The third-order valence-corrected chi connectivity index (χ3v) is 3.67. The monoisotopic (exact) mass is 327 g/mol. The first kappa shape index (κ1) is 18.2. The summed E-state index contributed by atoms with van der Waals surface area (Å²) in [6, 6.07) is 6.42. The van der Waals surface area contributed by atoms with E-state index in [4.69, 9.17) is 4.74 Å². The van der Waals surface area contributed by atoms with Crippen LogP contribution in [0.25, 0.3) is 0 Å². The fraction of sp³-hybridized carbons (Fsp3) is 0.467. The maximum Gasteiger partial charge on any atom is 0.338 e. The molecule has 1 aromatic carbocycles. The standard InChI is InChI=1S/C15H21NO5S/c1-11(2)21-15(18)12-6-4-7-13(10-12)16-14(17)8-5-9-22(3,19)20/h4,6-7,10-11H,5,8-9H2,1-3H3,(H,16,17). The van der Waals surface area contributed by atoms with E-state index in [0.717, 1.165) is 6.26 Å². The van der Waals surface area contributed by atoms with Crippen LogP contribution < -0.4 is 5.32 Å². The van der Waals surface area contributed by atoms with Crippen molar-refractivity contribution in [3.63, 3.8) is 0 Å². The number of carbonyl (C=O) groups excluding carboxylic acids is 2. The van der Waals surface area contributed by atoms with Crippen LogP contribution in [0.2, 0.25) is 0 Å². The Morgan fingerprint density at radius 3 is 2.55 bits per heavy atom. The van der Waals surface area contributed by atoms with Crippen LogP contribution in [0, 0.1) is 0 Å².